The number of anilines is 1. The number of hydrogen-bond donors (Lipinski definition) is 3. The van der Waals surface area contributed by atoms with Crippen LogP contribution < -0.4 is 15.9 Å². The van der Waals surface area contributed by atoms with Gasteiger partial charge in [0, 0.05) is 11.6 Å². The minimum absolute atomic E-state index is 0.0345. The van der Waals surface area contributed by atoms with Crippen LogP contribution in [0.5, 0.6) is 0 Å². The maximum absolute atomic E-state index is 12.7. The van der Waals surface area contributed by atoms with Crippen LogP contribution in [-0.2, 0) is 10.0 Å². The molecule has 0 bridgehead atoms. The van der Waals surface area contributed by atoms with Crippen molar-refractivity contribution in [3.05, 3.63) is 70.5 Å². The third-order valence-electron chi connectivity index (χ3n) is 3.80. The Morgan fingerprint density at radius 2 is 1.67 bits per heavy atom. The van der Waals surface area contributed by atoms with Gasteiger partial charge in [0.2, 0.25) is 15.5 Å². The van der Waals surface area contributed by atoms with E-state index >= 15 is 0 Å². The van der Waals surface area contributed by atoms with Crippen molar-refractivity contribution in [3.63, 3.8) is 0 Å². The minimum atomic E-state index is -4.10. The fraction of sp³-hybridized carbons (Fsp3) is 0. The van der Waals surface area contributed by atoms with E-state index in [9.17, 15) is 27.9 Å². The first-order valence-corrected chi connectivity index (χ1v) is 9.05. The molecule has 0 aliphatic heterocycles. The molecule has 10 heteroatoms. The van der Waals surface area contributed by atoms with Crippen molar-refractivity contribution in [2.75, 3.05) is 5.32 Å². The molecule has 9 nitrogen and oxygen atoms in total. The molecule has 3 aromatic rings. The smallest absolute Gasteiger partial charge is 0.341 e. The van der Waals surface area contributed by atoms with E-state index in [1.165, 1.54) is 42.5 Å². The van der Waals surface area contributed by atoms with Gasteiger partial charge in [0.25, 0.3) is 0 Å². The average Bonchev–Trinajstić information content (AvgIpc) is 2.61. The topological polar surface area (TPSA) is 149 Å². The van der Waals surface area contributed by atoms with E-state index in [0.717, 1.165) is 10.8 Å². The van der Waals surface area contributed by atoms with E-state index in [1.54, 1.807) is 6.07 Å². The van der Waals surface area contributed by atoms with Gasteiger partial charge in [-0.2, -0.15) is 0 Å². The number of aromatic nitrogens is 1. The molecular weight excluding hydrogens is 374 g/mol. The van der Waals surface area contributed by atoms with Crippen LogP contribution in [0.3, 0.4) is 0 Å². The Hall–Kier alpha value is -3.50. The quantitative estimate of drug-likeness (QED) is 0.619. The lowest BCUT2D eigenvalue weighted by Gasteiger charge is -2.14. The van der Waals surface area contributed by atoms with Crippen molar-refractivity contribution in [1.82, 2.24) is 4.57 Å². The summed E-state index contributed by atoms with van der Waals surface area (Å²) in [7, 11) is -4.10. The van der Waals surface area contributed by atoms with Crippen molar-refractivity contribution >= 4 is 38.6 Å². The highest BCUT2D eigenvalue weighted by molar-refractivity contribution is 7.89. The molecule has 4 N–H and O–H groups in total. The van der Waals surface area contributed by atoms with Gasteiger partial charge in [-0.25, -0.2) is 23.1 Å². The molecule has 2 aromatic carbocycles. The van der Waals surface area contributed by atoms with E-state index in [2.05, 4.69) is 5.32 Å². The zero-order chi connectivity index (χ0) is 19.8. The monoisotopic (exact) mass is 387 g/mol. The predicted octanol–water partition coefficient (Wildman–Crippen LogP) is 1.43. The Labute approximate surface area is 152 Å². The summed E-state index contributed by atoms with van der Waals surface area (Å²) in [5.74, 6) is -1.49. The molecule has 0 fully saturated rings. The number of fused-ring (bicyclic) bond motifs is 1. The van der Waals surface area contributed by atoms with Gasteiger partial charge in [0.15, 0.2) is 0 Å². The SMILES string of the molecule is NS(=O)(=O)c1ccccc1NC(=O)n1cc(C(=O)O)c(=O)c2ccccc21. The molecule has 3 rings (SSSR count). The molecule has 1 aromatic heterocycles. The number of carboxylic acid groups (broad SMARTS) is 1. The lowest BCUT2D eigenvalue weighted by atomic mass is 10.1. The number of amides is 1. The number of aromatic carboxylic acids is 1. The Bertz CT molecular complexity index is 1250. The first-order valence-electron chi connectivity index (χ1n) is 7.51. The predicted molar refractivity (Wildman–Crippen MR) is 97.4 cm³/mol. The maximum Gasteiger partial charge on any atom is 0.341 e. The van der Waals surface area contributed by atoms with Crippen molar-refractivity contribution in [2.45, 2.75) is 4.90 Å². The summed E-state index contributed by atoms with van der Waals surface area (Å²) in [4.78, 5) is 36.0. The standard InChI is InChI=1S/C17H13N3O6S/c18-27(25,26)14-8-4-2-6-12(14)19-17(24)20-9-11(16(22)23)15(21)10-5-1-3-7-13(10)20/h1-9H,(H,19,24)(H,22,23)(H2,18,25,26). The van der Waals surface area contributed by atoms with Crippen molar-refractivity contribution in [3.8, 4) is 0 Å². The van der Waals surface area contributed by atoms with Crippen LogP contribution >= 0.6 is 0 Å². The van der Waals surface area contributed by atoms with Gasteiger partial charge >= 0.3 is 12.0 Å². The zero-order valence-electron chi connectivity index (χ0n) is 13.6. The van der Waals surface area contributed by atoms with Crippen molar-refractivity contribution < 1.29 is 23.1 Å². The van der Waals surface area contributed by atoms with Gasteiger partial charge in [0.1, 0.15) is 10.5 Å². The highest BCUT2D eigenvalue weighted by Gasteiger charge is 2.20. The Kier molecular flexibility index (Phi) is 4.52. The van der Waals surface area contributed by atoms with Crippen molar-refractivity contribution in [2.24, 2.45) is 5.14 Å². The number of rotatable bonds is 3. The van der Waals surface area contributed by atoms with Crippen LogP contribution in [0.25, 0.3) is 10.9 Å². The number of para-hydroxylation sites is 2. The van der Waals surface area contributed by atoms with Gasteiger partial charge in [-0.1, -0.05) is 24.3 Å². The Morgan fingerprint density at radius 3 is 2.33 bits per heavy atom. The molecule has 0 aliphatic carbocycles. The fourth-order valence-electron chi connectivity index (χ4n) is 2.59. The molecule has 1 heterocycles. The number of pyridine rings is 1. The summed E-state index contributed by atoms with van der Waals surface area (Å²) in [6, 6.07) is 10.6. The number of hydrogen-bond acceptors (Lipinski definition) is 5. The molecule has 0 atom stereocenters. The fourth-order valence-corrected chi connectivity index (χ4v) is 3.29. The lowest BCUT2D eigenvalue weighted by Crippen LogP contribution is -2.26. The summed E-state index contributed by atoms with van der Waals surface area (Å²) < 4.78 is 24.3. The lowest BCUT2D eigenvalue weighted by molar-refractivity contribution is 0.0695. The number of nitrogens with zero attached hydrogens (tertiary/aromatic N) is 1. The average molecular weight is 387 g/mol. The molecule has 0 saturated heterocycles. The minimum Gasteiger partial charge on any atom is -0.477 e. The summed E-state index contributed by atoms with van der Waals surface area (Å²) in [6.07, 6.45) is 0.891. The van der Waals surface area contributed by atoms with Crippen LogP contribution in [0, 0.1) is 0 Å². The number of nitrogens with two attached hydrogens (primary N) is 1. The highest BCUT2D eigenvalue weighted by atomic mass is 32.2. The molecule has 0 saturated carbocycles. The molecule has 1 amide bonds. The van der Waals surface area contributed by atoms with E-state index in [0.29, 0.717) is 0 Å². The summed E-state index contributed by atoms with van der Waals surface area (Å²) in [5, 5.41) is 16.8. The Morgan fingerprint density at radius 1 is 1.04 bits per heavy atom. The van der Waals surface area contributed by atoms with Gasteiger partial charge in [0.05, 0.1) is 11.2 Å². The highest BCUT2D eigenvalue weighted by Crippen LogP contribution is 2.20. The molecule has 0 aliphatic rings. The normalized spacial score (nSPS) is 11.3. The number of sulfonamides is 1. The Balaban J connectivity index is 2.17. The number of benzene rings is 2. The molecule has 138 valence electrons. The molecule has 0 unspecified atom stereocenters. The van der Waals surface area contributed by atoms with Crippen LogP contribution in [-0.4, -0.2) is 30.1 Å². The second kappa shape index (κ2) is 6.67. The third kappa shape index (κ3) is 3.43. The third-order valence-corrected chi connectivity index (χ3v) is 4.76. The van der Waals surface area contributed by atoms with Gasteiger partial charge in [-0.05, 0) is 24.3 Å². The van der Waals surface area contributed by atoms with Crippen LogP contribution in [0.4, 0.5) is 10.5 Å². The van der Waals surface area contributed by atoms with E-state index < -0.39 is 33.0 Å². The molecule has 0 spiro atoms. The number of carbonyl (C=O) groups excluding carboxylic acids is 1. The number of nitrogens with one attached hydrogen (secondary N) is 1. The molecule has 27 heavy (non-hydrogen) atoms. The van der Waals surface area contributed by atoms with E-state index in [4.69, 9.17) is 5.14 Å². The van der Waals surface area contributed by atoms with E-state index in [-0.39, 0.29) is 21.5 Å². The molecule has 0 radical (unpaired) electrons. The largest absolute Gasteiger partial charge is 0.477 e. The van der Waals surface area contributed by atoms with Crippen LogP contribution in [0.2, 0.25) is 0 Å². The van der Waals surface area contributed by atoms with Gasteiger partial charge in [-0.3, -0.25) is 9.36 Å². The van der Waals surface area contributed by atoms with Crippen LogP contribution in [0.15, 0.2) is 64.4 Å². The second-order valence-electron chi connectivity index (χ2n) is 5.54. The summed E-state index contributed by atoms with van der Waals surface area (Å²) in [6.45, 7) is 0. The van der Waals surface area contributed by atoms with E-state index in [1.807, 2.05) is 0 Å². The zero-order valence-corrected chi connectivity index (χ0v) is 14.4. The maximum atomic E-state index is 12.7. The molecular formula is C17H13N3O6S. The first-order chi connectivity index (χ1) is 12.7. The second-order valence-corrected chi connectivity index (χ2v) is 7.07. The number of carbonyl (C=O) groups is 2. The van der Waals surface area contributed by atoms with Crippen molar-refractivity contribution in [1.29, 1.82) is 0 Å². The summed E-state index contributed by atoms with van der Waals surface area (Å²) >= 11 is 0. The van der Waals surface area contributed by atoms with Gasteiger partial charge in [-0.15, -0.1) is 0 Å². The summed E-state index contributed by atoms with van der Waals surface area (Å²) in [5.41, 5.74) is -1.24. The van der Waals surface area contributed by atoms with Gasteiger partial charge < -0.3 is 10.4 Å². The number of carboxylic acids is 1. The van der Waals surface area contributed by atoms with Crippen LogP contribution in [0.1, 0.15) is 10.4 Å². The first kappa shape index (κ1) is 18.3. The number of primary sulfonamides is 1.